The number of amides is 1. The number of nitrogens with zero attached hydrogens (tertiary/aromatic N) is 1. The molecular formula is C15H21ClIN3O. The van der Waals surface area contributed by atoms with Gasteiger partial charge in [0.2, 0.25) is 5.91 Å². The first-order valence-corrected chi connectivity index (χ1v) is 8.27. The molecule has 1 amide bonds. The molecule has 0 radical (unpaired) electrons. The van der Waals surface area contributed by atoms with Crippen LogP contribution in [0.25, 0.3) is 0 Å². The van der Waals surface area contributed by atoms with Crippen molar-refractivity contribution in [1.82, 2.24) is 10.2 Å². The van der Waals surface area contributed by atoms with Crippen molar-refractivity contribution in [2.45, 2.75) is 6.42 Å². The number of benzene rings is 1. The molecule has 0 spiro atoms. The number of likely N-dealkylation sites (tertiary alicyclic amines) is 1. The number of rotatable bonds is 3. The summed E-state index contributed by atoms with van der Waals surface area (Å²) in [6.45, 7) is 4.88. The topological polar surface area (TPSA) is 44.4 Å². The van der Waals surface area contributed by atoms with Gasteiger partial charge in [-0.05, 0) is 78.7 Å². The minimum atomic E-state index is 0. The largest absolute Gasteiger partial charge is 0.325 e. The monoisotopic (exact) mass is 421 g/mol. The summed E-state index contributed by atoms with van der Waals surface area (Å²) >= 11 is 2.26. The summed E-state index contributed by atoms with van der Waals surface area (Å²) in [6.07, 6.45) is 1.22. The van der Waals surface area contributed by atoms with Crippen LogP contribution in [0.1, 0.15) is 6.42 Å². The van der Waals surface area contributed by atoms with Crippen molar-refractivity contribution in [3.05, 3.63) is 27.8 Å². The highest BCUT2D eigenvalue weighted by Gasteiger charge is 2.33. The number of hydrogen-bond donors (Lipinski definition) is 2. The van der Waals surface area contributed by atoms with Gasteiger partial charge in [-0.2, -0.15) is 0 Å². The zero-order chi connectivity index (χ0) is 13.9. The van der Waals surface area contributed by atoms with Crippen molar-refractivity contribution in [1.29, 1.82) is 0 Å². The van der Waals surface area contributed by atoms with Gasteiger partial charge in [0.1, 0.15) is 0 Å². The van der Waals surface area contributed by atoms with Crippen LogP contribution in [0.3, 0.4) is 0 Å². The second-order valence-electron chi connectivity index (χ2n) is 5.76. The number of hydrogen-bond acceptors (Lipinski definition) is 3. The Hall–Kier alpha value is -0.370. The molecule has 2 aliphatic rings. The zero-order valence-corrected chi connectivity index (χ0v) is 14.8. The number of nitrogens with one attached hydrogen (secondary N) is 2. The zero-order valence-electron chi connectivity index (χ0n) is 11.8. The fourth-order valence-corrected chi connectivity index (χ4v) is 3.77. The summed E-state index contributed by atoms with van der Waals surface area (Å²) in [6, 6.07) is 7.92. The standard InChI is InChI=1S/C15H20IN3O.ClH/c16-13-2-1-3-14(6-13)18-15(20)10-19-5-4-11-7-17-8-12(11)9-19;/h1-3,6,11-12,17H,4-5,7-10H2,(H,18,20);1H. The minimum Gasteiger partial charge on any atom is -0.325 e. The second kappa shape index (κ2) is 7.76. The normalized spacial score (nSPS) is 25.0. The lowest BCUT2D eigenvalue weighted by atomic mass is 9.89. The Morgan fingerprint density at radius 1 is 1.38 bits per heavy atom. The first kappa shape index (κ1) is 17.0. The van der Waals surface area contributed by atoms with E-state index in [0.717, 1.165) is 47.3 Å². The molecule has 116 valence electrons. The van der Waals surface area contributed by atoms with Gasteiger partial charge in [0.25, 0.3) is 0 Å². The van der Waals surface area contributed by atoms with E-state index in [1.165, 1.54) is 6.42 Å². The molecule has 0 bridgehead atoms. The molecule has 0 saturated carbocycles. The smallest absolute Gasteiger partial charge is 0.238 e. The van der Waals surface area contributed by atoms with Gasteiger partial charge < -0.3 is 10.6 Å². The highest BCUT2D eigenvalue weighted by molar-refractivity contribution is 14.1. The molecule has 4 nitrogen and oxygen atoms in total. The number of carbonyl (C=O) groups is 1. The summed E-state index contributed by atoms with van der Waals surface area (Å²) in [5.74, 6) is 1.65. The maximum Gasteiger partial charge on any atom is 0.238 e. The van der Waals surface area contributed by atoms with Crippen molar-refractivity contribution in [3.63, 3.8) is 0 Å². The Morgan fingerprint density at radius 3 is 3.00 bits per heavy atom. The van der Waals surface area contributed by atoms with Crippen LogP contribution in [0.15, 0.2) is 24.3 Å². The Bertz CT molecular complexity index is 500. The lowest BCUT2D eigenvalue weighted by Gasteiger charge is -2.33. The van der Waals surface area contributed by atoms with E-state index in [4.69, 9.17) is 0 Å². The molecule has 0 aromatic heterocycles. The van der Waals surface area contributed by atoms with Crippen molar-refractivity contribution < 1.29 is 4.79 Å². The van der Waals surface area contributed by atoms with Gasteiger partial charge in [-0.3, -0.25) is 9.69 Å². The molecule has 2 unspecified atom stereocenters. The van der Waals surface area contributed by atoms with E-state index in [2.05, 4.69) is 38.1 Å². The predicted molar refractivity (Wildman–Crippen MR) is 95.9 cm³/mol. The molecule has 21 heavy (non-hydrogen) atoms. The van der Waals surface area contributed by atoms with Crippen LogP contribution >= 0.6 is 35.0 Å². The van der Waals surface area contributed by atoms with Gasteiger partial charge in [-0.1, -0.05) is 6.07 Å². The van der Waals surface area contributed by atoms with E-state index >= 15 is 0 Å². The van der Waals surface area contributed by atoms with Crippen molar-refractivity contribution in [2.24, 2.45) is 11.8 Å². The van der Waals surface area contributed by atoms with Gasteiger partial charge in [-0.25, -0.2) is 0 Å². The molecule has 2 N–H and O–H groups in total. The summed E-state index contributed by atoms with van der Waals surface area (Å²) in [5, 5.41) is 6.44. The summed E-state index contributed by atoms with van der Waals surface area (Å²) in [4.78, 5) is 14.4. The number of anilines is 1. The third-order valence-electron chi connectivity index (χ3n) is 4.26. The number of carbonyl (C=O) groups excluding carboxylic acids is 1. The van der Waals surface area contributed by atoms with Gasteiger partial charge >= 0.3 is 0 Å². The lowest BCUT2D eigenvalue weighted by molar-refractivity contribution is -0.117. The first-order chi connectivity index (χ1) is 9.70. The molecule has 2 atom stereocenters. The lowest BCUT2D eigenvalue weighted by Crippen LogP contribution is -2.43. The van der Waals surface area contributed by atoms with E-state index in [9.17, 15) is 4.79 Å². The van der Waals surface area contributed by atoms with Crippen LogP contribution in [0.5, 0.6) is 0 Å². The third-order valence-corrected chi connectivity index (χ3v) is 4.94. The molecule has 2 saturated heterocycles. The van der Waals surface area contributed by atoms with Crippen LogP contribution in [0.4, 0.5) is 5.69 Å². The average Bonchev–Trinajstić information content (AvgIpc) is 2.86. The quantitative estimate of drug-likeness (QED) is 0.736. The molecule has 6 heteroatoms. The fraction of sp³-hybridized carbons (Fsp3) is 0.533. The molecule has 1 aromatic carbocycles. The third kappa shape index (κ3) is 4.55. The van der Waals surface area contributed by atoms with Gasteiger partial charge in [-0.15, -0.1) is 12.4 Å². The highest BCUT2D eigenvalue weighted by Crippen LogP contribution is 2.26. The van der Waals surface area contributed by atoms with E-state index in [1.807, 2.05) is 24.3 Å². The number of piperidine rings is 1. The summed E-state index contributed by atoms with van der Waals surface area (Å²) in [5.41, 5.74) is 0.888. The second-order valence-corrected chi connectivity index (χ2v) is 7.01. The first-order valence-electron chi connectivity index (χ1n) is 7.19. The minimum absolute atomic E-state index is 0. The molecule has 2 heterocycles. The SMILES string of the molecule is Cl.O=C(CN1CCC2CNCC2C1)Nc1cccc(I)c1. The summed E-state index contributed by atoms with van der Waals surface area (Å²) < 4.78 is 1.14. The maximum atomic E-state index is 12.1. The van der Waals surface area contributed by atoms with E-state index < -0.39 is 0 Å². The molecule has 1 aromatic rings. The van der Waals surface area contributed by atoms with Gasteiger partial charge in [0.15, 0.2) is 0 Å². The molecule has 2 aliphatic heterocycles. The summed E-state index contributed by atoms with van der Waals surface area (Å²) in [7, 11) is 0. The Balaban J connectivity index is 0.00000161. The van der Waals surface area contributed by atoms with Crippen LogP contribution in [0, 0.1) is 15.4 Å². The van der Waals surface area contributed by atoms with E-state index in [0.29, 0.717) is 6.54 Å². The Labute approximate surface area is 145 Å². The van der Waals surface area contributed by atoms with Crippen LogP contribution in [0.2, 0.25) is 0 Å². The molecule has 0 aliphatic carbocycles. The van der Waals surface area contributed by atoms with Gasteiger partial charge in [0, 0.05) is 15.8 Å². The Kier molecular flexibility index (Phi) is 6.28. The van der Waals surface area contributed by atoms with E-state index in [1.54, 1.807) is 0 Å². The predicted octanol–water partition coefficient (Wildman–Crippen LogP) is 2.19. The molecule has 2 fully saturated rings. The van der Waals surface area contributed by atoms with Crippen LogP contribution in [-0.4, -0.2) is 43.5 Å². The van der Waals surface area contributed by atoms with Crippen molar-refractivity contribution >= 4 is 46.6 Å². The molecule has 3 rings (SSSR count). The van der Waals surface area contributed by atoms with E-state index in [-0.39, 0.29) is 18.3 Å². The Morgan fingerprint density at radius 2 is 2.19 bits per heavy atom. The number of fused-ring (bicyclic) bond motifs is 1. The van der Waals surface area contributed by atoms with Gasteiger partial charge in [0.05, 0.1) is 6.54 Å². The van der Waals surface area contributed by atoms with Crippen molar-refractivity contribution in [2.75, 3.05) is 38.0 Å². The average molecular weight is 422 g/mol. The fourth-order valence-electron chi connectivity index (χ4n) is 3.22. The van der Waals surface area contributed by atoms with Crippen LogP contribution in [-0.2, 0) is 4.79 Å². The molecular weight excluding hydrogens is 401 g/mol. The highest BCUT2D eigenvalue weighted by atomic mass is 127. The maximum absolute atomic E-state index is 12.1. The number of halogens is 2. The van der Waals surface area contributed by atoms with Crippen LogP contribution < -0.4 is 10.6 Å². The van der Waals surface area contributed by atoms with Crippen molar-refractivity contribution in [3.8, 4) is 0 Å².